The number of H-pyrrole nitrogens is 1. The number of nitrogens with one attached hydrogen (secondary N) is 2. The predicted molar refractivity (Wildman–Crippen MR) is 133 cm³/mol. The van der Waals surface area contributed by atoms with Crippen molar-refractivity contribution in [3.05, 3.63) is 136 Å². The molecule has 0 aliphatic carbocycles. The van der Waals surface area contributed by atoms with Crippen molar-refractivity contribution in [3.63, 3.8) is 0 Å². The van der Waals surface area contributed by atoms with Gasteiger partial charge in [-0.15, -0.1) is 0 Å². The van der Waals surface area contributed by atoms with Crippen molar-refractivity contribution in [1.82, 2.24) is 19.9 Å². The van der Waals surface area contributed by atoms with Gasteiger partial charge in [0.05, 0.1) is 12.1 Å². The Hall–Kier alpha value is -4.45. The van der Waals surface area contributed by atoms with E-state index < -0.39 is 0 Å². The summed E-state index contributed by atoms with van der Waals surface area (Å²) >= 11 is 0. The van der Waals surface area contributed by atoms with Gasteiger partial charge in [-0.2, -0.15) is 0 Å². The molecule has 0 bridgehead atoms. The Kier molecular flexibility index (Phi) is 6.03. The molecule has 0 aliphatic rings. The largest absolute Gasteiger partial charge is 0.361 e. The molecule has 6 heteroatoms. The van der Waals surface area contributed by atoms with Crippen LogP contribution < -0.4 is 10.9 Å². The Labute approximate surface area is 196 Å². The first-order valence-electron chi connectivity index (χ1n) is 11.2. The molecule has 6 nitrogen and oxygen atoms in total. The van der Waals surface area contributed by atoms with Crippen molar-refractivity contribution in [2.75, 3.05) is 0 Å². The third kappa shape index (κ3) is 4.96. The quantitative estimate of drug-likeness (QED) is 0.390. The molecule has 0 atom stereocenters. The first-order chi connectivity index (χ1) is 16.6. The maximum absolute atomic E-state index is 12.7. The van der Waals surface area contributed by atoms with Gasteiger partial charge in [0.25, 0.3) is 11.5 Å². The molecule has 34 heavy (non-hydrogen) atoms. The summed E-state index contributed by atoms with van der Waals surface area (Å²) in [7, 11) is 0. The minimum Gasteiger partial charge on any atom is -0.361 e. The fourth-order valence-electron chi connectivity index (χ4n) is 3.99. The molecule has 0 fully saturated rings. The number of aromatic amines is 1. The molecule has 0 radical (unpaired) electrons. The smallest absolute Gasteiger partial charge is 0.253 e. The summed E-state index contributed by atoms with van der Waals surface area (Å²) in [6, 6.07) is 23.3. The molecule has 5 rings (SSSR count). The van der Waals surface area contributed by atoms with Gasteiger partial charge in [0.2, 0.25) is 0 Å². The molecule has 3 aromatic heterocycles. The lowest BCUT2D eigenvalue weighted by Crippen LogP contribution is -2.23. The second-order valence-corrected chi connectivity index (χ2v) is 8.32. The molecule has 2 aromatic carbocycles. The maximum Gasteiger partial charge on any atom is 0.253 e. The van der Waals surface area contributed by atoms with E-state index in [4.69, 9.17) is 0 Å². The SMILES string of the molecule is O=C(NCc1ccc2[nH]ccc2c1)c1cncc(Cc2ccc(Cn3ccccc3=O)cc2)c1. The Bertz CT molecular complexity index is 1500. The maximum atomic E-state index is 12.7. The number of amides is 1. The third-order valence-corrected chi connectivity index (χ3v) is 5.81. The van der Waals surface area contributed by atoms with E-state index in [0.29, 0.717) is 25.1 Å². The highest BCUT2D eigenvalue weighted by molar-refractivity contribution is 5.94. The zero-order chi connectivity index (χ0) is 23.3. The number of carbonyl (C=O) groups is 1. The molecule has 168 valence electrons. The van der Waals surface area contributed by atoms with Crippen molar-refractivity contribution in [2.45, 2.75) is 19.5 Å². The average Bonchev–Trinajstić information content (AvgIpc) is 3.33. The van der Waals surface area contributed by atoms with Crippen LogP contribution in [0.5, 0.6) is 0 Å². The molecule has 3 heterocycles. The molecule has 0 aliphatic heterocycles. The normalized spacial score (nSPS) is 10.9. The van der Waals surface area contributed by atoms with Crippen LogP contribution in [0.15, 0.2) is 102 Å². The molecule has 1 amide bonds. The average molecular weight is 449 g/mol. The van der Waals surface area contributed by atoms with Crippen LogP contribution in [0, 0.1) is 0 Å². The Morgan fingerprint density at radius 2 is 1.71 bits per heavy atom. The summed E-state index contributed by atoms with van der Waals surface area (Å²) < 4.78 is 1.68. The summed E-state index contributed by atoms with van der Waals surface area (Å²) in [5.41, 5.74) is 5.78. The van der Waals surface area contributed by atoms with Gasteiger partial charge >= 0.3 is 0 Å². The number of aromatic nitrogens is 3. The first-order valence-corrected chi connectivity index (χ1v) is 11.2. The van der Waals surface area contributed by atoms with E-state index in [1.807, 2.05) is 60.8 Å². The number of hydrogen-bond acceptors (Lipinski definition) is 3. The van der Waals surface area contributed by atoms with E-state index in [9.17, 15) is 9.59 Å². The van der Waals surface area contributed by atoms with Crippen LogP contribution in [-0.4, -0.2) is 20.4 Å². The molecule has 5 aromatic rings. The van der Waals surface area contributed by atoms with Crippen LogP contribution >= 0.6 is 0 Å². The lowest BCUT2D eigenvalue weighted by molar-refractivity contribution is 0.0950. The van der Waals surface area contributed by atoms with E-state index in [1.165, 1.54) is 0 Å². The molecule has 0 saturated carbocycles. The summed E-state index contributed by atoms with van der Waals surface area (Å²) in [5, 5.41) is 4.10. The zero-order valence-electron chi connectivity index (χ0n) is 18.6. The van der Waals surface area contributed by atoms with Gasteiger partial charge in [-0.1, -0.05) is 36.4 Å². The summed E-state index contributed by atoms with van der Waals surface area (Å²) in [5.74, 6) is -0.146. The lowest BCUT2D eigenvalue weighted by atomic mass is 10.0. The van der Waals surface area contributed by atoms with Crippen LogP contribution in [0.3, 0.4) is 0 Å². The molecule has 0 unspecified atom stereocenters. The number of hydrogen-bond donors (Lipinski definition) is 2. The Morgan fingerprint density at radius 1 is 0.882 bits per heavy atom. The first kappa shape index (κ1) is 21.4. The van der Waals surface area contributed by atoms with E-state index in [-0.39, 0.29) is 11.5 Å². The number of nitrogens with zero attached hydrogens (tertiary/aromatic N) is 2. The monoisotopic (exact) mass is 448 g/mol. The van der Waals surface area contributed by atoms with Crippen molar-refractivity contribution in [3.8, 4) is 0 Å². The van der Waals surface area contributed by atoms with Gasteiger partial charge in [-0.3, -0.25) is 14.6 Å². The number of pyridine rings is 2. The van der Waals surface area contributed by atoms with E-state index >= 15 is 0 Å². The summed E-state index contributed by atoms with van der Waals surface area (Å²) in [6.45, 7) is 0.990. The molecular formula is C28H24N4O2. The topological polar surface area (TPSA) is 79.8 Å². The van der Waals surface area contributed by atoms with Crippen molar-refractivity contribution in [1.29, 1.82) is 0 Å². The highest BCUT2D eigenvalue weighted by Gasteiger charge is 2.08. The van der Waals surface area contributed by atoms with Gasteiger partial charge in [0.15, 0.2) is 0 Å². The molecule has 2 N–H and O–H groups in total. The number of carbonyl (C=O) groups excluding carboxylic acids is 1. The second-order valence-electron chi connectivity index (χ2n) is 8.32. The third-order valence-electron chi connectivity index (χ3n) is 5.81. The Balaban J connectivity index is 1.21. The number of benzene rings is 2. The van der Waals surface area contributed by atoms with Gasteiger partial charge in [-0.25, -0.2) is 0 Å². The van der Waals surface area contributed by atoms with Gasteiger partial charge < -0.3 is 14.9 Å². The standard InChI is InChI=1S/C28H24N4O2/c33-27-3-1-2-12-32(27)19-21-6-4-20(5-7-21)13-23-15-25(18-29-16-23)28(34)31-17-22-8-9-26-24(14-22)10-11-30-26/h1-12,14-16,18,30H,13,17,19H2,(H,31,34). The molecular weight excluding hydrogens is 424 g/mol. The van der Waals surface area contributed by atoms with Gasteiger partial charge in [0, 0.05) is 42.9 Å². The zero-order valence-corrected chi connectivity index (χ0v) is 18.6. The van der Waals surface area contributed by atoms with Crippen LogP contribution in [0.1, 0.15) is 32.6 Å². The van der Waals surface area contributed by atoms with Crippen LogP contribution in [-0.2, 0) is 19.5 Å². The van der Waals surface area contributed by atoms with Crippen molar-refractivity contribution >= 4 is 16.8 Å². The molecule has 0 saturated heterocycles. The van der Waals surface area contributed by atoms with Gasteiger partial charge in [-0.05, 0) is 64.4 Å². The van der Waals surface area contributed by atoms with E-state index in [0.717, 1.165) is 33.2 Å². The fourth-order valence-corrected chi connectivity index (χ4v) is 3.99. The minimum absolute atomic E-state index is 0.0160. The minimum atomic E-state index is -0.146. The van der Waals surface area contributed by atoms with E-state index in [1.54, 1.807) is 35.3 Å². The summed E-state index contributed by atoms with van der Waals surface area (Å²) in [4.78, 5) is 32.0. The van der Waals surface area contributed by atoms with Crippen molar-refractivity contribution in [2.24, 2.45) is 0 Å². The van der Waals surface area contributed by atoms with Crippen LogP contribution in [0.25, 0.3) is 10.9 Å². The highest BCUT2D eigenvalue weighted by Crippen LogP contribution is 2.15. The fraction of sp³-hybridized carbons (Fsp3) is 0.107. The molecule has 0 spiro atoms. The van der Waals surface area contributed by atoms with Gasteiger partial charge in [0.1, 0.15) is 0 Å². The van der Waals surface area contributed by atoms with Crippen LogP contribution in [0.4, 0.5) is 0 Å². The Morgan fingerprint density at radius 3 is 2.56 bits per heavy atom. The second kappa shape index (κ2) is 9.58. The number of fused-ring (bicyclic) bond motifs is 1. The number of rotatable bonds is 7. The summed E-state index contributed by atoms with van der Waals surface area (Å²) in [6.07, 6.45) is 7.74. The van der Waals surface area contributed by atoms with Crippen molar-refractivity contribution < 1.29 is 4.79 Å². The predicted octanol–water partition coefficient (Wildman–Crippen LogP) is 4.29. The highest BCUT2D eigenvalue weighted by atomic mass is 16.1. The lowest BCUT2D eigenvalue weighted by Gasteiger charge is -2.09. The van der Waals surface area contributed by atoms with E-state index in [2.05, 4.69) is 21.4 Å². The van der Waals surface area contributed by atoms with Crippen LogP contribution in [0.2, 0.25) is 0 Å².